The highest BCUT2D eigenvalue weighted by Gasteiger charge is 2.30. The minimum atomic E-state index is -2.99. The summed E-state index contributed by atoms with van der Waals surface area (Å²) >= 11 is 1.80. The van der Waals surface area contributed by atoms with Crippen LogP contribution in [-0.2, 0) is 4.57 Å². The topological polar surface area (TPSA) is 17.1 Å². The zero-order valence-electron chi connectivity index (χ0n) is 18.4. The van der Waals surface area contributed by atoms with Crippen molar-refractivity contribution >= 4 is 73.8 Å². The van der Waals surface area contributed by atoms with Crippen LogP contribution in [0.3, 0.4) is 0 Å². The zero-order valence-corrected chi connectivity index (χ0v) is 21.1. The fraction of sp³-hybridized carbons (Fsp3) is 0. The molecule has 0 fully saturated rings. The monoisotopic (exact) mass is 492 g/mol. The minimum absolute atomic E-state index is 0.615. The van der Waals surface area contributed by atoms with Crippen molar-refractivity contribution in [3.05, 3.63) is 127 Å². The predicted octanol–water partition coefficient (Wildman–Crippen LogP) is 6.32. The van der Waals surface area contributed by atoms with E-state index in [1.165, 1.54) is 30.8 Å². The molecular weight excluding hydrogens is 470 g/mol. The molecule has 34 heavy (non-hydrogen) atoms. The van der Waals surface area contributed by atoms with Crippen molar-refractivity contribution in [1.29, 1.82) is 0 Å². The lowest BCUT2D eigenvalue weighted by Gasteiger charge is -2.20. The number of hydrogen-bond acceptors (Lipinski definition) is 2. The Hall–Kier alpha value is -3.02. The van der Waals surface area contributed by atoms with Gasteiger partial charge in [-0.1, -0.05) is 106 Å². The molecule has 1 heterocycles. The van der Waals surface area contributed by atoms with Crippen molar-refractivity contribution in [2.75, 3.05) is 0 Å². The highest BCUT2D eigenvalue weighted by Crippen LogP contribution is 2.44. The van der Waals surface area contributed by atoms with E-state index in [1.807, 2.05) is 60.7 Å². The van der Waals surface area contributed by atoms with E-state index in [-0.39, 0.29) is 0 Å². The van der Waals surface area contributed by atoms with E-state index in [0.29, 0.717) is 8.58 Å². The maximum atomic E-state index is 14.8. The number of rotatable bonds is 5. The molecule has 5 aromatic carbocycles. The van der Waals surface area contributed by atoms with Crippen LogP contribution < -0.4 is 26.5 Å². The molecular formula is C30H22OP2S. The van der Waals surface area contributed by atoms with Crippen LogP contribution in [-0.4, -0.2) is 0 Å². The van der Waals surface area contributed by atoms with Crippen molar-refractivity contribution in [3.8, 4) is 0 Å². The fourth-order valence-corrected chi connectivity index (χ4v) is 9.27. The third-order valence-corrected chi connectivity index (χ3v) is 11.5. The summed E-state index contributed by atoms with van der Waals surface area (Å²) in [6, 6.07) is 43.6. The second-order valence-electron chi connectivity index (χ2n) is 8.26. The third-order valence-electron chi connectivity index (χ3n) is 6.12. The molecule has 0 bridgehead atoms. The van der Waals surface area contributed by atoms with Crippen LogP contribution in [0, 0.1) is 0 Å². The molecule has 0 aliphatic rings. The molecule has 1 nitrogen and oxygen atoms in total. The van der Waals surface area contributed by atoms with Gasteiger partial charge in [0.05, 0.1) is 0 Å². The standard InChI is InChI=1S/C30H22OP2S/c31-33(24-12-6-2-7-13-24,25-14-8-3-9-15-25)26-17-19-30-28(21-26)27-20-23(16-18-29(27)34-30)32-22-10-4-1-5-11-22/h1-21,32H. The van der Waals surface area contributed by atoms with Gasteiger partial charge in [0.25, 0.3) is 0 Å². The van der Waals surface area contributed by atoms with Crippen LogP contribution in [0.5, 0.6) is 0 Å². The Labute approximate surface area is 205 Å². The Morgan fingerprint density at radius 1 is 0.500 bits per heavy atom. The van der Waals surface area contributed by atoms with Crippen LogP contribution in [0.1, 0.15) is 0 Å². The van der Waals surface area contributed by atoms with Gasteiger partial charge in [0.1, 0.15) is 0 Å². The average Bonchev–Trinajstić information content (AvgIpc) is 3.27. The van der Waals surface area contributed by atoms with Crippen molar-refractivity contribution in [3.63, 3.8) is 0 Å². The largest absolute Gasteiger partial charge is 0.309 e. The van der Waals surface area contributed by atoms with Gasteiger partial charge in [0.2, 0.25) is 0 Å². The van der Waals surface area contributed by atoms with Gasteiger partial charge in [-0.25, -0.2) is 0 Å². The molecule has 1 atom stereocenters. The van der Waals surface area contributed by atoms with Crippen LogP contribution in [0.2, 0.25) is 0 Å². The highest BCUT2D eigenvalue weighted by atomic mass is 32.1. The Balaban J connectivity index is 1.53. The molecule has 0 spiro atoms. The first-order valence-corrected chi connectivity index (χ1v) is 14.7. The smallest absolute Gasteiger partial charge is 0.171 e. The maximum Gasteiger partial charge on any atom is 0.171 e. The second-order valence-corrected chi connectivity index (χ2v) is 13.5. The summed E-state index contributed by atoms with van der Waals surface area (Å²) in [6.07, 6.45) is 0. The Bertz CT molecular complexity index is 1600. The number of thiophene rings is 1. The van der Waals surface area contributed by atoms with Gasteiger partial charge < -0.3 is 4.57 Å². The molecule has 1 aromatic heterocycles. The summed E-state index contributed by atoms with van der Waals surface area (Å²) in [5.74, 6) is 0. The van der Waals surface area contributed by atoms with E-state index in [2.05, 4.69) is 66.7 Å². The van der Waals surface area contributed by atoms with Crippen molar-refractivity contribution < 1.29 is 4.57 Å². The molecule has 0 N–H and O–H groups in total. The molecule has 0 radical (unpaired) electrons. The molecule has 0 saturated carbocycles. The van der Waals surface area contributed by atoms with Gasteiger partial charge >= 0.3 is 0 Å². The van der Waals surface area contributed by atoms with E-state index >= 15 is 0 Å². The van der Waals surface area contributed by atoms with Crippen LogP contribution in [0.25, 0.3) is 20.2 Å². The van der Waals surface area contributed by atoms with Gasteiger partial charge in [-0.3, -0.25) is 0 Å². The Kier molecular flexibility index (Phi) is 5.67. The lowest BCUT2D eigenvalue weighted by atomic mass is 10.1. The average molecular weight is 493 g/mol. The van der Waals surface area contributed by atoms with Gasteiger partial charge in [0.15, 0.2) is 7.14 Å². The molecule has 0 amide bonds. The van der Waals surface area contributed by atoms with E-state index in [4.69, 9.17) is 0 Å². The van der Waals surface area contributed by atoms with Gasteiger partial charge in [-0.15, -0.1) is 11.3 Å². The second kappa shape index (κ2) is 8.97. The summed E-state index contributed by atoms with van der Waals surface area (Å²) in [4.78, 5) is 0. The number of benzene rings is 5. The summed E-state index contributed by atoms with van der Waals surface area (Å²) in [5, 5.41) is 7.70. The van der Waals surface area contributed by atoms with Gasteiger partial charge in [-0.05, 0) is 40.9 Å². The van der Waals surface area contributed by atoms with E-state index in [0.717, 1.165) is 15.9 Å². The predicted molar refractivity (Wildman–Crippen MR) is 153 cm³/mol. The first-order chi connectivity index (χ1) is 16.7. The molecule has 1 unspecified atom stereocenters. The van der Waals surface area contributed by atoms with E-state index < -0.39 is 7.14 Å². The van der Waals surface area contributed by atoms with Crippen LogP contribution >= 0.6 is 27.1 Å². The lowest BCUT2D eigenvalue weighted by Crippen LogP contribution is -2.24. The lowest BCUT2D eigenvalue weighted by molar-refractivity contribution is 0.592. The van der Waals surface area contributed by atoms with Crippen LogP contribution in [0.4, 0.5) is 0 Å². The first kappa shape index (κ1) is 21.5. The molecule has 0 aliphatic carbocycles. The van der Waals surface area contributed by atoms with Gasteiger partial charge in [0, 0.05) is 36.1 Å². The molecule has 6 aromatic rings. The quantitative estimate of drug-likeness (QED) is 0.257. The van der Waals surface area contributed by atoms with Crippen molar-refractivity contribution in [2.24, 2.45) is 0 Å². The molecule has 164 valence electrons. The van der Waals surface area contributed by atoms with Crippen LogP contribution in [0.15, 0.2) is 127 Å². The summed E-state index contributed by atoms with van der Waals surface area (Å²) in [6.45, 7) is 0. The fourth-order valence-electron chi connectivity index (χ4n) is 4.45. The van der Waals surface area contributed by atoms with E-state index in [9.17, 15) is 4.57 Å². The summed E-state index contributed by atoms with van der Waals surface area (Å²) in [7, 11) is -2.38. The number of fused-ring (bicyclic) bond motifs is 3. The molecule has 6 rings (SSSR count). The first-order valence-electron chi connectivity index (χ1n) is 11.2. The van der Waals surface area contributed by atoms with E-state index in [1.54, 1.807) is 11.3 Å². The van der Waals surface area contributed by atoms with Crippen molar-refractivity contribution in [2.45, 2.75) is 0 Å². The molecule has 0 aliphatic heterocycles. The summed E-state index contributed by atoms with van der Waals surface area (Å²) in [5.41, 5.74) is 0. The third kappa shape index (κ3) is 3.83. The maximum absolute atomic E-state index is 14.8. The Morgan fingerprint density at radius 2 is 1.03 bits per heavy atom. The minimum Gasteiger partial charge on any atom is -0.309 e. The molecule has 0 saturated heterocycles. The zero-order chi connectivity index (χ0) is 23.0. The summed E-state index contributed by atoms with van der Waals surface area (Å²) < 4.78 is 17.3. The SMILES string of the molecule is O=P(c1ccccc1)(c1ccccc1)c1ccc2sc3ccc(Pc4ccccc4)cc3c2c1. The van der Waals surface area contributed by atoms with Crippen molar-refractivity contribution in [1.82, 2.24) is 0 Å². The van der Waals surface area contributed by atoms with Gasteiger partial charge in [-0.2, -0.15) is 0 Å². The Morgan fingerprint density at radius 3 is 1.65 bits per heavy atom. The number of hydrogen-bond donors (Lipinski definition) is 0. The molecule has 4 heteroatoms. The highest BCUT2D eigenvalue weighted by molar-refractivity contribution is 7.85. The normalized spacial score (nSPS) is 12.1.